The molecule has 7 rings (SSSR count). The summed E-state index contributed by atoms with van der Waals surface area (Å²) in [6.07, 6.45) is 1.31. The number of nitrogens with zero attached hydrogens (tertiary/aromatic N) is 3. The van der Waals surface area contributed by atoms with Crippen LogP contribution in [0.2, 0.25) is 5.02 Å². The van der Waals surface area contributed by atoms with Crippen molar-refractivity contribution in [3.05, 3.63) is 137 Å². The summed E-state index contributed by atoms with van der Waals surface area (Å²) in [5.74, 6) is -1.78. The highest BCUT2D eigenvalue weighted by Gasteiger charge is 2.49. The van der Waals surface area contributed by atoms with Crippen molar-refractivity contribution in [2.24, 2.45) is 5.92 Å². The van der Waals surface area contributed by atoms with Crippen molar-refractivity contribution >= 4 is 69.3 Å². The Labute approximate surface area is 404 Å². The van der Waals surface area contributed by atoms with E-state index in [1.807, 2.05) is 66.7 Å². The molecule has 19 heteroatoms. The molecule has 5 aromatic rings. The molecule has 2 saturated heterocycles. The maximum Gasteiger partial charge on any atom is 0.501 e. The number of sulfone groups is 1. The molecule has 0 spiro atoms. The average molecular weight is 1010 g/mol. The Balaban J connectivity index is 1.05. The number of thioether (sulfide) groups is 1. The molecular formula is C49H54ClF3N5O7PS2. The summed E-state index contributed by atoms with van der Waals surface area (Å²) >= 11 is 7.56. The third kappa shape index (κ3) is 12.9. The third-order valence-electron chi connectivity index (χ3n) is 12.2. The molecular weight excluding hydrogens is 958 g/mol. The van der Waals surface area contributed by atoms with Crippen molar-refractivity contribution in [3.8, 4) is 11.1 Å². The molecule has 2 fully saturated rings. The topological polar surface area (TPSA) is 149 Å². The molecule has 0 aromatic heterocycles. The smallest absolute Gasteiger partial charge is 0.481 e. The zero-order valence-corrected chi connectivity index (χ0v) is 40.7. The minimum Gasteiger partial charge on any atom is -0.481 e. The SMILES string of the molecule is CCO[P@](=O)(NC(=O)c1ccc(N2CCN(Cc3ccccc3-c3ccc(Cl)cc3)CC2)cc1)c1ccc(N[C@H](CCN2CCC(C(=O)O)CC2)CSc2ccccc2)c(S(=O)(=O)C(F)(F)F)c1. The summed E-state index contributed by atoms with van der Waals surface area (Å²) in [6, 6.07) is 34.5. The number of halogens is 4. The number of benzene rings is 5. The zero-order valence-electron chi connectivity index (χ0n) is 37.4. The van der Waals surface area contributed by atoms with E-state index in [0.29, 0.717) is 55.7 Å². The number of amides is 1. The number of rotatable bonds is 19. The Morgan fingerprint density at radius 2 is 1.53 bits per heavy atom. The second-order valence-corrected chi connectivity index (χ2v) is 22.3. The van der Waals surface area contributed by atoms with Gasteiger partial charge in [0, 0.05) is 72.2 Å². The molecule has 2 aliphatic rings. The molecule has 5 aromatic carbocycles. The van der Waals surface area contributed by atoms with Gasteiger partial charge in [0.25, 0.3) is 15.7 Å². The number of likely N-dealkylation sites (tertiary alicyclic amines) is 1. The van der Waals surface area contributed by atoms with Crippen LogP contribution in [0, 0.1) is 5.92 Å². The van der Waals surface area contributed by atoms with Gasteiger partial charge in [0.2, 0.25) is 0 Å². The lowest BCUT2D eigenvalue weighted by Crippen LogP contribution is -2.46. The first-order valence-electron chi connectivity index (χ1n) is 22.4. The van der Waals surface area contributed by atoms with Crippen LogP contribution in [-0.4, -0.2) is 105 Å². The van der Waals surface area contributed by atoms with Crippen LogP contribution in [0.4, 0.5) is 24.5 Å². The number of carbonyl (C=O) groups excluding carboxylic acids is 1. The van der Waals surface area contributed by atoms with E-state index in [0.717, 1.165) is 60.5 Å². The number of aliphatic carboxylic acids is 1. The second kappa shape index (κ2) is 22.7. The number of piperazine rings is 1. The number of nitrogens with one attached hydrogen (secondary N) is 2. The predicted octanol–water partition coefficient (Wildman–Crippen LogP) is 9.67. The molecule has 0 unspecified atom stereocenters. The van der Waals surface area contributed by atoms with E-state index in [1.54, 1.807) is 24.3 Å². The van der Waals surface area contributed by atoms with Gasteiger partial charge in [-0.15, -0.1) is 11.8 Å². The van der Waals surface area contributed by atoms with Crippen molar-refractivity contribution in [2.75, 3.05) is 68.4 Å². The second-order valence-electron chi connectivity index (χ2n) is 16.7. The van der Waals surface area contributed by atoms with Gasteiger partial charge in [-0.25, -0.2) is 8.42 Å². The summed E-state index contributed by atoms with van der Waals surface area (Å²) in [4.78, 5) is 31.6. The molecule has 1 amide bonds. The highest BCUT2D eigenvalue weighted by atomic mass is 35.5. The number of hydrogen-bond acceptors (Lipinski definition) is 11. The van der Waals surface area contributed by atoms with E-state index in [-0.39, 0.29) is 17.9 Å². The maximum absolute atomic E-state index is 14.5. The van der Waals surface area contributed by atoms with Gasteiger partial charge in [-0.1, -0.05) is 66.2 Å². The molecule has 2 aliphatic heterocycles. The standard InChI is InChI=1S/C49H54ClF3N5O7PS2/c1-2-65-66(62,55-47(59)36-14-18-41(19-15-36)58-30-28-57(29-31-58)33-38-8-6-7-11-44(38)35-12-16-39(50)17-13-35)42-20-21-45(46(32-42)68(63,64)49(51,52)53)54-40(34-67-43-9-4-3-5-10-43)24-27-56-25-22-37(23-26-56)48(60)61/h3-21,32,37,40,54H,2,22-31,33-34H2,1H3,(H,60,61)(H,55,59,62)/t40-,66+/m1/s1. The Hall–Kier alpha value is -4.87. The zero-order chi connectivity index (χ0) is 48.5. The molecule has 2 heterocycles. The van der Waals surface area contributed by atoms with Crippen LogP contribution in [0.5, 0.6) is 0 Å². The first-order valence-corrected chi connectivity index (χ1v) is 26.8. The van der Waals surface area contributed by atoms with Crippen LogP contribution >= 0.6 is 30.9 Å². The summed E-state index contributed by atoms with van der Waals surface area (Å²) in [7, 11) is -10.6. The summed E-state index contributed by atoms with van der Waals surface area (Å²) < 4.78 is 89.9. The summed E-state index contributed by atoms with van der Waals surface area (Å²) in [5.41, 5.74) is -1.66. The van der Waals surface area contributed by atoms with Crippen LogP contribution in [0.1, 0.15) is 42.1 Å². The highest BCUT2D eigenvalue weighted by molar-refractivity contribution is 7.99. The normalized spacial score (nSPS) is 16.8. The van der Waals surface area contributed by atoms with Crippen molar-refractivity contribution in [3.63, 3.8) is 0 Å². The Morgan fingerprint density at radius 3 is 2.18 bits per heavy atom. The molecule has 0 saturated carbocycles. The molecule has 0 radical (unpaired) electrons. The minimum atomic E-state index is -6.03. The van der Waals surface area contributed by atoms with Gasteiger partial charge < -0.3 is 24.7 Å². The summed E-state index contributed by atoms with van der Waals surface area (Å²) in [5, 5.41) is 15.1. The van der Waals surface area contributed by atoms with E-state index >= 15 is 0 Å². The number of carboxylic acid groups (broad SMARTS) is 1. The number of piperidine rings is 1. The first-order chi connectivity index (χ1) is 32.5. The van der Waals surface area contributed by atoms with Crippen LogP contribution < -0.4 is 20.6 Å². The monoisotopic (exact) mass is 1010 g/mol. The Bertz CT molecular complexity index is 2670. The van der Waals surface area contributed by atoms with Gasteiger partial charge in [0.05, 0.1) is 23.5 Å². The fourth-order valence-corrected chi connectivity index (χ4v) is 12.2. The minimum absolute atomic E-state index is 0.110. The Morgan fingerprint density at radius 1 is 0.868 bits per heavy atom. The van der Waals surface area contributed by atoms with Crippen molar-refractivity contribution in [1.29, 1.82) is 0 Å². The fourth-order valence-electron chi connectivity index (χ4n) is 8.38. The molecule has 0 aliphatic carbocycles. The predicted molar refractivity (Wildman–Crippen MR) is 263 cm³/mol. The Kier molecular flexibility index (Phi) is 17.0. The lowest BCUT2D eigenvalue weighted by molar-refractivity contribution is -0.143. The van der Waals surface area contributed by atoms with Gasteiger partial charge in [-0.05, 0) is 123 Å². The van der Waals surface area contributed by atoms with Gasteiger partial charge in [-0.2, -0.15) is 13.2 Å². The maximum atomic E-state index is 14.5. The molecule has 68 heavy (non-hydrogen) atoms. The van der Waals surface area contributed by atoms with E-state index in [1.165, 1.54) is 30.3 Å². The number of carboxylic acids is 1. The molecule has 3 N–H and O–H groups in total. The van der Waals surface area contributed by atoms with E-state index in [9.17, 15) is 40.8 Å². The van der Waals surface area contributed by atoms with Crippen molar-refractivity contribution in [2.45, 2.75) is 54.1 Å². The number of hydrogen-bond donors (Lipinski definition) is 3. The molecule has 12 nitrogen and oxygen atoms in total. The highest BCUT2D eigenvalue weighted by Crippen LogP contribution is 2.44. The van der Waals surface area contributed by atoms with Gasteiger partial charge >= 0.3 is 19.0 Å². The van der Waals surface area contributed by atoms with Gasteiger partial charge in [0.1, 0.15) is 4.90 Å². The van der Waals surface area contributed by atoms with Crippen molar-refractivity contribution in [1.82, 2.24) is 14.9 Å². The van der Waals surface area contributed by atoms with Crippen LogP contribution in [0.25, 0.3) is 11.1 Å². The largest absolute Gasteiger partial charge is 0.501 e. The quantitative estimate of drug-likeness (QED) is 0.0535. The lowest BCUT2D eigenvalue weighted by Gasteiger charge is -2.36. The fraction of sp³-hybridized carbons (Fsp3) is 0.347. The lowest BCUT2D eigenvalue weighted by atomic mass is 9.97. The van der Waals surface area contributed by atoms with Gasteiger partial charge in [-0.3, -0.25) is 24.1 Å². The summed E-state index contributed by atoms with van der Waals surface area (Å²) in [6.45, 7) is 6.60. The average Bonchev–Trinajstić information content (AvgIpc) is 3.33. The number of alkyl halides is 3. The van der Waals surface area contributed by atoms with E-state index < -0.39 is 56.9 Å². The van der Waals surface area contributed by atoms with Crippen molar-refractivity contribution < 1.29 is 45.4 Å². The van der Waals surface area contributed by atoms with Crippen LogP contribution in [0.3, 0.4) is 0 Å². The first kappa shape index (κ1) is 51.0. The van der Waals surface area contributed by atoms with Gasteiger partial charge in [0.15, 0.2) is 0 Å². The molecule has 362 valence electrons. The van der Waals surface area contributed by atoms with E-state index in [2.05, 4.69) is 37.2 Å². The van der Waals surface area contributed by atoms with Crippen LogP contribution in [-0.2, 0) is 30.3 Å². The number of carbonyl (C=O) groups is 2. The van der Waals surface area contributed by atoms with Crippen LogP contribution in [0.15, 0.2) is 131 Å². The molecule has 0 bridgehead atoms. The third-order valence-corrected chi connectivity index (χ3v) is 17.2. The van der Waals surface area contributed by atoms with E-state index in [4.69, 9.17) is 16.1 Å². The molecule has 2 atom stereocenters. The number of anilines is 2.